The average molecular weight is 300 g/mol. The normalized spacial score (nSPS) is 21.0. The van der Waals surface area contributed by atoms with Crippen molar-refractivity contribution >= 4 is 5.97 Å². The van der Waals surface area contributed by atoms with E-state index in [2.05, 4.69) is 15.3 Å². The third kappa shape index (κ3) is 3.17. The van der Waals surface area contributed by atoms with Crippen LogP contribution in [0.5, 0.6) is 0 Å². The van der Waals surface area contributed by atoms with E-state index >= 15 is 0 Å². The molecule has 0 bridgehead atoms. The number of hydrogen-bond acceptors (Lipinski definition) is 5. The summed E-state index contributed by atoms with van der Waals surface area (Å²) in [6.45, 7) is 0.704. The number of nitrogens with zero attached hydrogens (tertiary/aromatic N) is 3. The molecule has 0 aromatic carbocycles. The van der Waals surface area contributed by atoms with Crippen LogP contribution in [-0.2, 0) is 16.1 Å². The number of pyridine rings is 1. The first-order chi connectivity index (χ1) is 10.8. The summed E-state index contributed by atoms with van der Waals surface area (Å²) < 4.78 is 6.74. The Morgan fingerprint density at radius 1 is 1.45 bits per heavy atom. The molecule has 116 valence electrons. The van der Waals surface area contributed by atoms with Gasteiger partial charge in [-0.15, -0.1) is 0 Å². The van der Waals surface area contributed by atoms with Crippen LogP contribution in [-0.4, -0.2) is 33.7 Å². The Morgan fingerprint density at radius 3 is 3.05 bits per heavy atom. The van der Waals surface area contributed by atoms with Crippen molar-refractivity contribution in [1.82, 2.24) is 19.9 Å². The fourth-order valence-corrected chi connectivity index (χ4v) is 2.96. The van der Waals surface area contributed by atoms with Crippen molar-refractivity contribution in [1.29, 1.82) is 0 Å². The lowest BCUT2D eigenvalue weighted by molar-refractivity contribution is -0.145. The molecule has 2 aromatic rings. The highest BCUT2D eigenvalue weighted by Crippen LogP contribution is 2.26. The summed E-state index contributed by atoms with van der Waals surface area (Å²) in [5.74, 6) is 0.710. The van der Waals surface area contributed by atoms with Crippen LogP contribution < -0.4 is 5.32 Å². The molecule has 2 atom stereocenters. The van der Waals surface area contributed by atoms with E-state index in [9.17, 15) is 4.79 Å². The highest BCUT2D eigenvalue weighted by atomic mass is 16.5. The summed E-state index contributed by atoms with van der Waals surface area (Å²) in [6, 6.07) is 4.20. The molecule has 1 saturated carbocycles. The minimum Gasteiger partial charge on any atom is -0.469 e. The van der Waals surface area contributed by atoms with Crippen molar-refractivity contribution in [2.45, 2.75) is 31.8 Å². The van der Waals surface area contributed by atoms with Gasteiger partial charge in [0.1, 0.15) is 12.1 Å². The molecule has 2 heterocycles. The number of imidazole rings is 1. The second kappa shape index (κ2) is 6.70. The molecule has 0 unspecified atom stereocenters. The summed E-state index contributed by atoms with van der Waals surface area (Å²) in [5.41, 5.74) is 1.10. The van der Waals surface area contributed by atoms with E-state index in [0.29, 0.717) is 6.54 Å². The molecular formula is C16H20N4O2. The van der Waals surface area contributed by atoms with E-state index < -0.39 is 0 Å². The number of hydrogen-bond donors (Lipinski definition) is 1. The summed E-state index contributed by atoms with van der Waals surface area (Å²) in [4.78, 5) is 20.2. The fourth-order valence-electron chi connectivity index (χ4n) is 2.96. The summed E-state index contributed by atoms with van der Waals surface area (Å²) >= 11 is 0. The van der Waals surface area contributed by atoms with Crippen LogP contribution in [0.2, 0.25) is 0 Å². The lowest BCUT2D eigenvalue weighted by Crippen LogP contribution is -2.36. The highest BCUT2D eigenvalue weighted by Gasteiger charge is 2.33. The van der Waals surface area contributed by atoms with Crippen molar-refractivity contribution in [2.75, 3.05) is 7.11 Å². The molecule has 1 N–H and O–H groups in total. The van der Waals surface area contributed by atoms with E-state index in [1.54, 1.807) is 12.5 Å². The summed E-state index contributed by atoms with van der Waals surface area (Å²) in [7, 11) is 1.45. The maximum Gasteiger partial charge on any atom is 0.310 e. The van der Waals surface area contributed by atoms with Gasteiger partial charge in [-0.05, 0) is 24.5 Å². The van der Waals surface area contributed by atoms with Gasteiger partial charge in [0.15, 0.2) is 0 Å². The van der Waals surface area contributed by atoms with Crippen LogP contribution in [0, 0.1) is 5.92 Å². The Morgan fingerprint density at radius 2 is 2.36 bits per heavy atom. The standard InChI is InChI=1S/C16H20N4O2/c1-22-16(21)13-3-2-4-14(13)18-9-12-5-6-15(19-10-12)20-8-7-17-11-20/h5-8,10-11,13-14,18H,2-4,9H2,1H3/t13-,14+/m1/s1. The molecule has 1 fully saturated rings. The zero-order valence-corrected chi connectivity index (χ0v) is 12.6. The summed E-state index contributed by atoms with van der Waals surface area (Å²) in [5, 5.41) is 3.46. The Balaban J connectivity index is 1.58. The lowest BCUT2D eigenvalue weighted by Gasteiger charge is -2.19. The van der Waals surface area contributed by atoms with Crippen LogP contribution in [0.15, 0.2) is 37.1 Å². The minimum absolute atomic E-state index is 0.0248. The van der Waals surface area contributed by atoms with Crippen molar-refractivity contribution < 1.29 is 9.53 Å². The zero-order chi connectivity index (χ0) is 15.4. The maximum atomic E-state index is 11.7. The molecule has 6 nitrogen and oxygen atoms in total. The van der Waals surface area contributed by atoms with Gasteiger partial charge in [-0.1, -0.05) is 12.5 Å². The molecule has 6 heteroatoms. The molecule has 1 aliphatic rings. The van der Waals surface area contributed by atoms with E-state index in [-0.39, 0.29) is 17.9 Å². The lowest BCUT2D eigenvalue weighted by atomic mass is 10.0. The number of ether oxygens (including phenoxy) is 1. The number of nitrogens with one attached hydrogen (secondary N) is 1. The SMILES string of the molecule is COC(=O)[C@@H]1CCC[C@@H]1NCc1ccc(-n2ccnc2)nc1. The molecule has 0 spiro atoms. The minimum atomic E-state index is -0.108. The predicted molar refractivity (Wildman–Crippen MR) is 81.3 cm³/mol. The second-order valence-corrected chi connectivity index (χ2v) is 5.54. The van der Waals surface area contributed by atoms with Crippen molar-refractivity contribution in [3.8, 4) is 5.82 Å². The van der Waals surface area contributed by atoms with Crippen LogP contribution in [0.3, 0.4) is 0 Å². The molecule has 0 radical (unpaired) electrons. The van der Waals surface area contributed by atoms with Gasteiger partial charge in [0.05, 0.1) is 13.0 Å². The molecule has 1 aliphatic carbocycles. The Labute approximate surface area is 129 Å². The van der Waals surface area contributed by atoms with Gasteiger partial charge >= 0.3 is 5.97 Å². The zero-order valence-electron chi connectivity index (χ0n) is 12.6. The first-order valence-corrected chi connectivity index (χ1v) is 7.52. The van der Waals surface area contributed by atoms with Gasteiger partial charge < -0.3 is 10.1 Å². The van der Waals surface area contributed by atoms with Crippen LogP contribution in [0.1, 0.15) is 24.8 Å². The van der Waals surface area contributed by atoms with Gasteiger partial charge in [-0.25, -0.2) is 9.97 Å². The van der Waals surface area contributed by atoms with Crippen molar-refractivity contribution in [3.05, 3.63) is 42.6 Å². The van der Waals surface area contributed by atoms with Crippen LogP contribution in [0.4, 0.5) is 0 Å². The van der Waals surface area contributed by atoms with Crippen molar-refractivity contribution in [2.24, 2.45) is 5.92 Å². The third-order valence-electron chi connectivity index (χ3n) is 4.17. The van der Waals surface area contributed by atoms with Gasteiger partial charge in [0.25, 0.3) is 0 Å². The number of carbonyl (C=O) groups is 1. The van der Waals surface area contributed by atoms with Crippen LogP contribution in [0.25, 0.3) is 5.82 Å². The predicted octanol–water partition coefficient (Wildman–Crippen LogP) is 1.70. The number of carbonyl (C=O) groups excluding carboxylic acids is 1. The van der Waals surface area contributed by atoms with Gasteiger partial charge in [0, 0.05) is 31.2 Å². The number of methoxy groups -OCH3 is 1. The smallest absolute Gasteiger partial charge is 0.310 e. The fraction of sp³-hybridized carbons (Fsp3) is 0.438. The molecule has 2 aromatic heterocycles. The topological polar surface area (TPSA) is 69.0 Å². The van der Waals surface area contributed by atoms with Gasteiger partial charge in [0.2, 0.25) is 0 Å². The molecule has 22 heavy (non-hydrogen) atoms. The maximum absolute atomic E-state index is 11.7. The van der Waals surface area contributed by atoms with Gasteiger partial charge in [-0.3, -0.25) is 9.36 Å². The molecule has 0 saturated heterocycles. The third-order valence-corrected chi connectivity index (χ3v) is 4.17. The number of esters is 1. The van der Waals surface area contributed by atoms with E-state index in [1.165, 1.54) is 7.11 Å². The molecular weight excluding hydrogens is 280 g/mol. The van der Waals surface area contributed by atoms with Crippen molar-refractivity contribution in [3.63, 3.8) is 0 Å². The monoisotopic (exact) mass is 300 g/mol. The van der Waals surface area contributed by atoms with E-state index in [0.717, 1.165) is 30.6 Å². The first-order valence-electron chi connectivity index (χ1n) is 7.52. The molecule has 3 rings (SSSR count). The second-order valence-electron chi connectivity index (χ2n) is 5.54. The number of aromatic nitrogens is 3. The number of rotatable bonds is 5. The van der Waals surface area contributed by atoms with E-state index in [4.69, 9.17) is 4.74 Å². The summed E-state index contributed by atoms with van der Waals surface area (Å²) in [6.07, 6.45) is 10.1. The highest BCUT2D eigenvalue weighted by molar-refractivity contribution is 5.73. The largest absolute Gasteiger partial charge is 0.469 e. The quantitative estimate of drug-likeness (QED) is 0.851. The Hall–Kier alpha value is -2.21. The van der Waals surface area contributed by atoms with Gasteiger partial charge in [-0.2, -0.15) is 0 Å². The van der Waals surface area contributed by atoms with Crippen LogP contribution >= 0.6 is 0 Å². The average Bonchev–Trinajstić information content (AvgIpc) is 3.24. The van der Waals surface area contributed by atoms with E-state index in [1.807, 2.05) is 29.1 Å². The first kappa shape index (κ1) is 14.7. The molecule has 0 amide bonds. The molecule has 0 aliphatic heterocycles. The Bertz CT molecular complexity index is 610. The Kier molecular flexibility index (Phi) is 4.48.